The lowest BCUT2D eigenvalue weighted by Gasteiger charge is -2.13. The molecule has 0 radical (unpaired) electrons. The van der Waals surface area contributed by atoms with E-state index >= 15 is 0 Å². The van der Waals surface area contributed by atoms with E-state index in [4.69, 9.17) is 0 Å². The van der Waals surface area contributed by atoms with Crippen LogP contribution in [-0.4, -0.2) is 23.1 Å². The third-order valence-corrected chi connectivity index (χ3v) is 3.30. The first-order valence-corrected chi connectivity index (χ1v) is 6.91. The number of nitrogens with zero attached hydrogens (tertiary/aromatic N) is 1. The normalized spacial score (nSPS) is 16.6. The molecule has 4 nitrogen and oxygen atoms in total. The molecule has 1 heterocycles. The predicted octanol–water partition coefficient (Wildman–Crippen LogP) is 1.83. The molecule has 1 aliphatic carbocycles. The monoisotopic (exact) mass is 249 g/mol. The van der Waals surface area contributed by atoms with Crippen LogP contribution in [0.5, 0.6) is 0 Å². The summed E-state index contributed by atoms with van der Waals surface area (Å²) in [6.45, 7) is 5.68. The number of aromatic nitrogens is 1. The molecule has 0 bridgehead atoms. The van der Waals surface area contributed by atoms with Gasteiger partial charge in [-0.05, 0) is 37.4 Å². The highest BCUT2D eigenvalue weighted by Crippen LogP contribution is 2.19. The van der Waals surface area contributed by atoms with Gasteiger partial charge in [-0.2, -0.15) is 0 Å². The van der Waals surface area contributed by atoms with Crippen molar-refractivity contribution in [2.24, 2.45) is 0 Å². The molecular formula is C14H23N3O. The maximum absolute atomic E-state index is 11.7. The molecule has 0 spiro atoms. The zero-order valence-electron chi connectivity index (χ0n) is 11.3. The molecule has 0 saturated heterocycles. The molecule has 2 N–H and O–H groups in total. The second-order valence-electron chi connectivity index (χ2n) is 4.98. The first-order valence-electron chi connectivity index (χ1n) is 6.91. The van der Waals surface area contributed by atoms with Crippen LogP contribution in [0.15, 0.2) is 18.5 Å². The maximum atomic E-state index is 11.7. The molecule has 1 aromatic rings. The Morgan fingerprint density at radius 1 is 1.50 bits per heavy atom. The first kappa shape index (κ1) is 13.1. The lowest BCUT2D eigenvalue weighted by molar-refractivity contribution is -0.121. The van der Waals surface area contributed by atoms with Crippen LogP contribution in [0.2, 0.25) is 0 Å². The number of hydrogen-bond donors (Lipinski definition) is 2. The standard InChI is InChI=1S/C14H23N3O/c1-3-13(15-4-2)11-7-8-17(9-11)10-14(18)16-12-5-6-12/h7-9,12-13,15H,3-6,10H2,1-2H3,(H,16,18). The molecule has 1 saturated carbocycles. The third-order valence-electron chi connectivity index (χ3n) is 3.30. The number of carbonyl (C=O) groups is 1. The number of rotatable bonds is 7. The summed E-state index contributed by atoms with van der Waals surface area (Å²) in [5, 5.41) is 6.45. The van der Waals surface area contributed by atoms with Gasteiger partial charge in [0.15, 0.2) is 0 Å². The number of carbonyl (C=O) groups excluding carboxylic acids is 1. The largest absolute Gasteiger partial charge is 0.352 e. The van der Waals surface area contributed by atoms with Gasteiger partial charge in [-0.3, -0.25) is 4.79 Å². The highest BCUT2D eigenvalue weighted by atomic mass is 16.2. The minimum absolute atomic E-state index is 0.121. The zero-order chi connectivity index (χ0) is 13.0. The van der Waals surface area contributed by atoms with Crippen LogP contribution in [0.3, 0.4) is 0 Å². The fraction of sp³-hybridized carbons (Fsp3) is 0.643. The molecule has 1 aromatic heterocycles. The van der Waals surface area contributed by atoms with Crippen molar-refractivity contribution in [3.63, 3.8) is 0 Å². The fourth-order valence-corrected chi connectivity index (χ4v) is 2.17. The Kier molecular flexibility index (Phi) is 4.42. The lowest BCUT2D eigenvalue weighted by Crippen LogP contribution is -2.28. The number of hydrogen-bond acceptors (Lipinski definition) is 2. The van der Waals surface area contributed by atoms with Crippen molar-refractivity contribution in [2.75, 3.05) is 6.54 Å². The molecule has 100 valence electrons. The van der Waals surface area contributed by atoms with Gasteiger partial charge >= 0.3 is 0 Å². The molecule has 1 amide bonds. The van der Waals surface area contributed by atoms with Crippen molar-refractivity contribution in [3.05, 3.63) is 24.0 Å². The Bertz CT molecular complexity index is 395. The van der Waals surface area contributed by atoms with Gasteiger partial charge < -0.3 is 15.2 Å². The Balaban J connectivity index is 1.89. The van der Waals surface area contributed by atoms with E-state index in [2.05, 4.69) is 36.7 Å². The molecule has 18 heavy (non-hydrogen) atoms. The minimum Gasteiger partial charge on any atom is -0.352 e. The first-order chi connectivity index (χ1) is 8.72. The Morgan fingerprint density at radius 3 is 2.89 bits per heavy atom. The second kappa shape index (κ2) is 6.05. The van der Waals surface area contributed by atoms with E-state index < -0.39 is 0 Å². The minimum atomic E-state index is 0.121. The summed E-state index contributed by atoms with van der Waals surface area (Å²) in [7, 11) is 0. The Labute approximate surface area is 109 Å². The van der Waals surface area contributed by atoms with Crippen LogP contribution in [0, 0.1) is 0 Å². The number of amides is 1. The molecular weight excluding hydrogens is 226 g/mol. The van der Waals surface area contributed by atoms with Crippen LogP contribution in [0.1, 0.15) is 44.7 Å². The van der Waals surface area contributed by atoms with Gasteiger partial charge in [0.2, 0.25) is 5.91 Å². The molecule has 1 aliphatic rings. The second-order valence-corrected chi connectivity index (χ2v) is 4.98. The molecule has 0 aliphatic heterocycles. The summed E-state index contributed by atoms with van der Waals surface area (Å²) in [5.41, 5.74) is 1.26. The van der Waals surface area contributed by atoms with Crippen LogP contribution >= 0.6 is 0 Å². The van der Waals surface area contributed by atoms with Crippen LogP contribution in [0.4, 0.5) is 0 Å². The molecule has 2 rings (SSSR count). The fourth-order valence-electron chi connectivity index (χ4n) is 2.17. The Hall–Kier alpha value is -1.29. The Morgan fingerprint density at radius 2 is 2.28 bits per heavy atom. The summed E-state index contributed by atoms with van der Waals surface area (Å²) in [6.07, 6.45) is 7.40. The van der Waals surface area contributed by atoms with Crippen LogP contribution in [0.25, 0.3) is 0 Å². The van der Waals surface area contributed by atoms with E-state index in [0.717, 1.165) is 25.8 Å². The molecule has 4 heteroatoms. The van der Waals surface area contributed by atoms with Crippen LogP contribution < -0.4 is 10.6 Å². The van der Waals surface area contributed by atoms with Gasteiger partial charge in [0.25, 0.3) is 0 Å². The van der Waals surface area contributed by atoms with Gasteiger partial charge in [0.1, 0.15) is 6.54 Å². The highest BCUT2D eigenvalue weighted by molar-refractivity contribution is 5.76. The van der Waals surface area contributed by atoms with Gasteiger partial charge in [-0.1, -0.05) is 13.8 Å². The summed E-state index contributed by atoms with van der Waals surface area (Å²) in [6, 6.07) is 2.93. The van der Waals surface area contributed by atoms with E-state index in [0.29, 0.717) is 18.6 Å². The van der Waals surface area contributed by atoms with Crippen molar-refractivity contribution in [1.82, 2.24) is 15.2 Å². The zero-order valence-corrected chi connectivity index (χ0v) is 11.3. The molecule has 1 fully saturated rings. The average molecular weight is 249 g/mol. The van der Waals surface area contributed by atoms with Gasteiger partial charge in [-0.25, -0.2) is 0 Å². The van der Waals surface area contributed by atoms with E-state index in [1.54, 1.807) is 0 Å². The van der Waals surface area contributed by atoms with E-state index in [9.17, 15) is 4.79 Å². The van der Waals surface area contributed by atoms with E-state index in [-0.39, 0.29) is 5.91 Å². The van der Waals surface area contributed by atoms with Gasteiger partial charge in [0, 0.05) is 24.5 Å². The quantitative estimate of drug-likeness (QED) is 0.774. The van der Waals surface area contributed by atoms with Gasteiger partial charge in [0.05, 0.1) is 0 Å². The summed E-state index contributed by atoms with van der Waals surface area (Å²) in [4.78, 5) is 11.7. The smallest absolute Gasteiger partial charge is 0.240 e. The lowest BCUT2D eigenvalue weighted by atomic mass is 10.1. The predicted molar refractivity (Wildman–Crippen MR) is 72.3 cm³/mol. The number of nitrogens with one attached hydrogen (secondary N) is 2. The van der Waals surface area contributed by atoms with Crippen molar-refractivity contribution in [2.45, 2.75) is 51.7 Å². The molecule has 0 aromatic carbocycles. The highest BCUT2D eigenvalue weighted by Gasteiger charge is 2.23. The summed E-state index contributed by atoms with van der Waals surface area (Å²) in [5.74, 6) is 0.121. The van der Waals surface area contributed by atoms with Crippen molar-refractivity contribution >= 4 is 5.91 Å². The van der Waals surface area contributed by atoms with Crippen molar-refractivity contribution in [1.29, 1.82) is 0 Å². The molecule has 1 atom stereocenters. The van der Waals surface area contributed by atoms with Crippen molar-refractivity contribution in [3.8, 4) is 0 Å². The van der Waals surface area contributed by atoms with E-state index in [1.165, 1.54) is 5.56 Å². The van der Waals surface area contributed by atoms with Crippen molar-refractivity contribution < 1.29 is 4.79 Å². The summed E-state index contributed by atoms with van der Waals surface area (Å²) < 4.78 is 1.97. The topological polar surface area (TPSA) is 46.1 Å². The van der Waals surface area contributed by atoms with E-state index in [1.807, 2.05) is 10.8 Å². The third kappa shape index (κ3) is 3.60. The SMILES string of the molecule is CCNC(CC)c1ccn(CC(=O)NC2CC2)c1. The van der Waals surface area contributed by atoms with Gasteiger partial charge in [-0.15, -0.1) is 0 Å². The van der Waals surface area contributed by atoms with Crippen LogP contribution in [-0.2, 0) is 11.3 Å². The average Bonchev–Trinajstić information content (AvgIpc) is 3.03. The maximum Gasteiger partial charge on any atom is 0.240 e. The summed E-state index contributed by atoms with van der Waals surface area (Å²) >= 11 is 0. The molecule has 1 unspecified atom stereocenters.